The summed E-state index contributed by atoms with van der Waals surface area (Å²) in [5.41, 5.74) is 1.70. The third-order valence-corrected chi connectivity index (χ3v) is 2.50. The summed E-state index contributed by atoms with van der Waals surface area (Å²) in [5, 5.41) is 0. The molecule has 120 valence electrons. The molecule has 0 aliphatic heterocycles. The molecule has 1 nitrogen and oxygen atoms in total. The van der Waals surface area contributed by atoms with Gasteiger partial charge >= 0.3 is 23.9 Å². The Kier molecular flexibility index (Phi) is 3.86. The smallest absolute Gasteiger partial charge is 0.396 e. The number of nitrogens with two attached hydrogens (primary N) is 1. The molecule has 0 unspecified atom stereocenters. The molecule has 0 amide bonds. The van der Waals surface area contributed by atoms with Crippen molar-refractivity contribution in [1.82, 2.24) is 0 Å². The number of alkyl halides is 9. The third kappa shape index (κ3) is 2.48. The lowest BCUT2D eigenvalue weighted by Crippen LogP contribution is -2.59. The zero-order valence-corrected chi connectivity index (χ0v) is 9.59. The zero-order valence-electron chi connectivity index (χ0n) is 9.59. The van der Waals surface area contributed by atoms with Crippen molar-refractivity contribution in [3.05, 3.63) is 29.6 Å². The highest BCUT2D eigenvalue weighted by Crippen LogP contribution is 2.56. The fourth-order valence-electron chi connectivity index (χ4n) is 1.30. The van der Waals surface area contributed by atoms with Gasteiger partial charge in [0.15, 0.2) is 0 Å². The molecule has 0 fully saturated rings. The summed E-state index contributed by atoms with van der Waals surface area (Å²) < 4.78 is 126. The molecule has 0 radical (unpaired) electrons. The van der Waals surface area contributed by atoms with Crippen LogP contribution in [0.2, 0.25) is 0 Å². The molecule has 0 bridgehead atoms. The monoisotopic (exact) mass is 329 g/mol. The number of anilines is 1. The van der Waals surface area contributed by atoms with E-state index in [0.29, 0.717) is 0 Å². The summed E-state index contributed by atoms with van der Waals surface area (Å²) in [6.45, 7) is 0. The van der Waals surface area contributed by atoms with E-state index in [1.54, 1.807) is 0 Å². The number of hydrogen-bond donors (Lipinski definition) is 1. The van der Waals surface area contributed by atoms with Crippen molar-refractivity contribution in [1.29, 1.82) is 0 Å². The van der Waals surface area contributed by atoms with Crippen LogP contribution in [-0.4, -0.2) is 18.0 Å². The second-order valence-corrected chi connectivity index (χ2v) is 3.96. The standard InChI is InChI=1S/C10H5F10N/c11-5-2-1-4(3-6(5)21)7(12,13)8(14,15)9(16,17)10(18,19)20/h1-3H,21H2. The van der Waals surface area contributed by atoms with Gasteiger partial charge in [-0.15, -0.1) is 0 Å². The Morgan fingerprint density at radius 1 is 0.762 bits per heavy atom. The minimum atomic E-state index is -7.01. The van der Waals surface area contributed by atoms with E-state index in [2.05, 4.69) is 0 Å². The molecule has 0 atom stereocenters. The lowest BCUT2D eigenvalue weighted by atomic mass is 9.96. The summed E-state index contributed by atoms with van der Waals surface area (Å²) in [7, 11) is 0. The first-order valence-electron chi connectivity index (χ1n) is 4.92. The number of rotatable bonds is 3. The lowest BCUT2D eigenvalue weighted by molar-refractivity contribution is -0.399. The molecule has 0 heterocycles. The molecule has 0 aliphatic rings. The van der Waals surface area contributed by atoms with E-state index in [4.69, 9.17) is 5.73 Å². The van der Waals surface area contributed by atoms with Crippen LogP contribution in [0.15, 0.2) is 18.2 Å². The minimum Gasteiger partial charge on any atom is -0.396 e. The maximum atomic E-state index is 13.4. The highest BCUT2D eigenvalue weighted by Gasteiger charge is 2.82. The minimum absolute atomic E-state index is 0.0634. The molecule has 1 rings (SSSR count). The van der Waals surface area contributed by atoms with Gasteiger partial charge in [0.2, 0.25) is 0 Å². The van der Waals surface area contributed by atoms with Gasteiger partial charge in [0, 0.05) is 5.56 Å². The molecule has 2 N–H and O–H groups in total. The average Bonchev–Trinajstić information content (AvgIpc) is 2.30. The Morgan fingerprint density at radius 2 is 1.24 bits per heavy atom. The van der Waals surface area contributed by atoms with Gasteiger partial charge in [-0.3, -0.25) is 0 Å². The second-order valence-electron chi connectivity index (χ2n) is 3.96. The average molecular weight is 329 g/mol. The SMILES string of the molecule is Nc1cc(C(F)(F)C(F)(F)C(F)(F)C(F)(F)F)ccc1F. The van der Waals surface area contributed by atoms with Crippen LogP contribution in [0.25, 0.3) is 0 Å². The van der Waals surface area contributed by atoms with Crippen LogP contribution in [0.1, 0.15) is 5.56 Å². The van der Waals surface area contributed by atoms with Gasteiger partial charge in [-0.25, -0.2) is 4.39 Å². The number of nitrogen functional groups attached to an aromatic ring is 1. The molecule has 1 aromatic carbocycles. The van der Waals surface area contributed by atoms with Gasteiger partial charge < -0.3 is 5.73 Å². The van der Waals surface area contributed by atoms with Crippen molar-refractivity contribution in [2.45, 2.75) is 23.9 Å². The van der Waals surface area contributed by atoms with Crippen molar-refractivity contribution in [2.24, 2.45) is 0 Å². The third-order valence-electron chi connectivity index (χ3n) is 2.50. The van der Waals surface area contributed by atoms with Gasteiger partial charge in [-0.05, 0) is 18.2 Å². The van der Waals surface area contributed by atoms with Crippen LogP contribution >= 0.6 is 0 Å². The predicted octanol–water partition coefficient (Wildman–Crippen LogP) is 4.33. The summed E-state index contributed by atoms with van der Waals surface area (Å²) in [5.74, 6) is -21.1. The first-order chi connectivity index (χ1) is 9.16. The zero-order chi connectivity index (χ0) is 16.9. The fraction of sp³-hybridized carbons (Fsp3) is 0.400. The van der Waals surface area contributed by atoms with Crippen LogP contribution in [-0.2, 0) is 5.92 Å². The Hall–Kier alpha value is -1.68. The van der Waals surface area contributed by atoms with Gasteiger partial charge in [0.1, 0.15) is 5.82 Å². The normalized spacial score (nSPS) is 14.4. The van der Waals surface area contributed by atoms with Crippen molar-refractivity contribution in [3.8, 4) is 0 Å². The highest BCUT2D eigenvalue weighted by molar-refractivity contribution is 5.44. The Bertz CT molecular complexity index is 533. The first kappa shape index (κ1) is 17.4. The van der Waals surface area contributed by atoms with Crippen LogP contribution < -0.4 is 5.73 Å². The lowest BCUT2D eigenvalue weighted by Gasteiger charge is -2.33. The Morgan fingerprint density at radius 3 is 1.62 bits per heavy atom. The van der Waals surface area contributed by atoms with Gasteiger partial charge in [-0.1, -0.05) is 0 Å². The molecule has 0 aromatic heterocycles. The fourth-order valence-corrected chi connectivity index (χ4v) is 1.30. The highest BCUT2D eigenvalue weighted by atomic mass is 19.4. The number of hydrogen-bond acceptors (Lipinski definition) is 1. The molecule has 11 heteroatoms. The largest absolute Gasteiger partial charge is 0.460 e. The van der Waals surface area contributed by atoms with E-state index in [9.17, 15) is 43.9 Å². The van der Waals surface area contributed by atoms with E-state index >= 15 is 0 Å². The van der Waals surface area contributed by atoms with Crippen LogP contribution in [0.5, 0.6) is 0 Å². The first-order valence-corrected chi connectivity index (χ1v) is 4.92. The molecule has 0 spiro atoms. The maximum absolute atomic E-state index is 13.4. The van der Waals surface area contributed by atoms with Crippen molar-refractivity contribution < 1.29 is 43.9 Å². The summed E-state index contributed by atoms with van der Waals surface area (Å²) in [6, 6.07) is -0.0673. The number of benzene rings is 1. The summed E-state index contributed by atoms with van der Waals surface area (Å²) in [4.78, 5) is 0. The van der Waals surface area contributed by atoms with E-state index in [1.807, 2.05) is 0 Å². The molecule has 0 aliphatic carbocycles. The Balaban J connectivity index is 3.43. The van der Waals surface area contributed by atoms with Crippen LogP contribution in [0.4, 0.5) is 49.6 Å². The van der Waals surface area contributed by atoms with Crippen molar-refractivity contribution in [2.75, 3.05) is 5.73 Å². The van der Waals surface area contributed by atoms with E-state index in [1.165, 1.54) is 0 Å². The van der Waals surface area contributed by atoms with Crippen molar-refractivity contribution in [3.63, 3.8) is 0 Å². The predicted molar refractivity (Wildman–Crippen MR) is 50.7 cm³/mol. The maximum Gasteiger partial charge on any atom is 0.460 e. The molecular weight excluding hydrogens is 324 g/mol. The molecule has 21 heavy (non-hydrogen) atoms. The van der Waals surface area contributed by atoms with E-state index < -0.39 is 41.0 Å². The number of halogens is 10. The molecular formula is C10H5F10N. The van der Waals surface area contributed by atoms with Gasteiger partial charge in [0.25, 0.3) is 0 Å². The molecule has 0 saturated heterocycles. The quantitative estimate of drug-likeness (QED) is 0.648. The topological polar surface area (TPSA) is 26.0 Å². The molecule has 0 saturated carbocycles. The summed E-state index contributed by atoms with van der Waals surface area (Å²) >= 11 is 0. The van der Waals surface area contributed by atoms with E-state index in [-0.39, 0.29) is 18.2 Å². The van der Waals surface area contributed by atoms with Crippen molar-refractivity contribution >= 4 is 5.69 Å². The second kappa shape index (κ2) is 4.67. The van der Waals surface area contributed by atoms with Crippen LogP contribution in [0, 0.1) is 5.82 Å². The van der Waals surface area contributed by atoms with Gasteiger partial charge in [0.05, 0.1) is 5.69 Å². The van der Waals surface area contributed by atoms with Gasteiger partial charge in [-0.2, -0.15) is 39.5 Å². The van der Waals surface area contributed by atoms with Crippen LogP contribution in [0.3, 0.4) is 0 Å². The summed E-state index contributed by atoms with van der Waals surface area (Å²) in [6.07, 6.45) is -6.91. The van der Waals surface area contributed by atoms with E-state index in [0.717, 1.165) is 0 Å². The molecule has 1 aromatic rings. The Labute approximate surface area is 110 Å².